The molecule has 2 aromatic rings. The number of nitrogens with one attached hydrogen (secondary N) is 2. The van der Waals surface area contributed by atoms with Crippen molar-refractivity contribution < 1.29 is 4.79 Å². The lowest BCUT2D eigenvalue weighted by Crippen LogP contribution is -2.32. The molecule has 0 aliphatic heterocycles. The summed E-state index contributed by atoms with van der Waals surface area (Å²) in [4.78, 5) is 11.5. The van der Waals surface area contributed by atoms with Crippen molar-refractivity contribution in [3.05, 3.63) is 72.3 Å². The van der Waals surface area contributed by atoms with Crippen LogP contribution in [0, 0.1) is 17.3 Å². The third-order valence-corrected chi connectivity index (χ3v) is 4.47. The molecule has 0 unspecified atom stereocenters. The van der Waals surface area contributed by atoms with Gasteiger partial charge in [0.2, 0.25) is 5.91 Å². The van der Waals surface area contributed by atoms with Crippen molar-refractivity contribution in [1.82, 2.24) is 10.6 Å². The topological polar surface area (TPSA) is 41.1 Å². The molecular formula is C25H30N2O. The van der Waals surface area contributed by atoms with Crippen LogP contribution >= 0.6 is 0 Å². The third kappa shape index (κ3) is 6.72. The van der Waals surface area contributed by atoms with Crippen LogP contribution in [-0.4, -0.2) is 19.0 Å². The highest BCUT2D eigenvalue weighted by Gasteiger charge is 2.14. The summed E-state index contributed by atoms with van der Waals surface area (Å²) in [6.07, 6.45) is 7.15. The summed E-state index contributed by atoms with van der Waals surface area (Å²) in [5.74, 6) is 6.20. The van der Waals surface area contributed by atoms with Gasteiger partial charge >= 0.3 is 0 Å². The van der Waals surface area contributed by atoms with Crippen molar-refractivity contribution in [2.75, 3.05) is 13.1 Å². The minimum atomic E-state index is -0.273. The van der Waals surface area contributed by atoms with Gasteiger partial charge in [0.25, 0.3) is 0 Å². The van der Waals surface area contributed by atoms with Crippen molar-refractivity contribution in [3.63, 3.8) is 0 Å². The van der Waals surface area contributed by atoms with Crippen LogP contribution in [0.3, 0.4) is 0 Å². The Bertz CT molecular complexity index is 908. The molecule has 0 aliphatic carbocycles. The molecule has 0 saturated carbocycles. The molecule has 0 spiro atoms. The first-order valence-electron chi connectivity index (χ1n) is 9.72. The van der Waals surface area contributed by atoms with Crippen LogP contribution in [0.4, 0.5) is 0 Å². The minimum Gasteiger partial charge on any atom is -0.351 e. The largest absolute Gasteiger partial charge is 0.351 e. The number of carbonyl (C=O) groups excluding carboxylic acids is 1. The van der Waals surface area contributed by atoms with Crippen LogP contribution in [0.2, 0.25) is 0 Å². The second kappa shape index (κ2) is 10.5. The molecule has 146 valence electrons. The molecule has 3 nitrogen and oxygen atoms in total. The van der Waals surface area contributed by atoms with Crippen LogP contribution in [0.15, 0.2) is 66.8 Å². The first-order valence-corrected chi connectivity index (χ1v) is 9.72. The summed E-state index contributed by atoms with van der Waals surface area (Å²) < 4.78 is 0. The fraction of sp³-hybridized carbons (Fsp3) is 0.320. The molecule has 28 heavy (non-hydrogen) atoms. The van der Waals surface area contributed by atoms with E-state index in [2.05, 4.69) is 71.9 Å². The zero-order valence-electron chi connectivity index (χ0n) is 17.3. The van der Waals surface area contributed by atoms with Crippen molar-refractivity contribution in [2.45, 2.75) is 33.7 Å². The molecule has 0 radical (unpaired) electrons. The molecule has 0 bridgehead atoms. The van der Waals surface area contributed by atoms with Gasteiger partial charge in [-0.05, 0) is 56.2 Å². The standard InChI is InChI=1S/C25H30N2O/c1-5-12-24(28)27-19-25(3,4)17-9-6-10-18-26-20(2)22-16-11-14-21-13-7-8-15-23(21)22/h5-8,10-16,20,26H,18-19H2,1-4H3,(H,27,28)/b10-6+,12-5+/t20-/m1/s1. The van der Waals surface area contributed by atoms with Crippen molar-refractivity contribution in [3.8, 4) is 11.8 Å². The summed E-state index contributed by atoms with van der Waals surface area (Å²) in [5.41, 5.74) is 1.03. The van der Waals surface area contributed by atoms with Gasteiger partial charge in [0, 0.05) is 24.5 Å². The van der Waals surface area contributed by atoms with Gasteiger partial charge in [0.05, 0.1) is 0 Å². The summed E-state index contributed by atoms with van der Waals surface area (Å²) in [7, 11) is 0. The molecule has 1 atom stereocenters. The van der Waals surface area contributed by atoms with Gasteiger partial charge in [-0.2, -0.15) is 0 Å². The van der Waals surface area contributed by atoms with Gasteiger partial charge in [-0.3, -0.25) is 4.79 Å². The van der Waals surface area contributed by atoms with E-state index in [1.807, 2.05) is 32.9 Å². The number of carbonyl (C=O) groups is 1. The predicted octanol–water partition coefficient (Wildman–Crippen LogP) is 4.77. The Labute approximate surface area is 168 Å². The van der Waals surface area contributed by atoms with Crippen LogP contribution in [-0.2, 0) is 4.79 Å². The smallest absolute Gasteiger partial charge is 0.243 e. The van der Waals surface area contributed by atoms with Gasteiger partial charge in [-0.25, -0.2) is 0 Å². The lowest BCUT2D eigenvalue weighted by molar-refractivity contribution is -0.116. The molecule has 1 amide bonds. The molecule has 3 heteroatoms. The Morgan fingerprint density at radius 3 is 2.71 bits per heavy atom. The fourth-order valence-corrected chi connectivity index (χ4v) is 2.90. The van der Waals surface area contributed by atoms with E-state index >= 15 is 0 Å². The van der Waals surface area contributed by atoms with E-state index in [0.29, 0.717) is 6.54 Å². The number of hydrogen-bond donors (Lipinski definition) is 2. The lowest BCUT2D eigenvalue weighted by atomic mass is 9.94. The molecule has 0 aliphatic rings. The second-order valence-electron chi connectivity index (χ2n) is 7.47. The molecule has 0 heterocycles. The Kier molecular flexibility index (Phi) is 8.04. The first-order chi connectivity index (χ1) is 13.4. The highest BCUT2D eigenvalue weighted by atomic mass is 16.1. The lowest BCUT2D eigenvalue weighted by Gasteiger charge is -2.17. The normalized spacial score (nSPS) is 12.9. The van der Waals surface area contributed by atoms with Gasteiger partial charge < -0.3 is 10.6 Å². The molecule has 0 fully saturated rings. The maximum absolute atomic E-state index is 11.5. The average Bonchev–Trinajstić information content (AvgIpc) is 2.69. The number of benzene rings is 2. The van der Waals surface area contributed by atoms with Crippen molar-refractivity contribution in [2.24, 2.45) is 5.41 Å². The van der Waals surface area contributed by atoms with Crippen LogP contribution in [0.25, 0.3) is 10.8 Å². The van der Waals surface area contributed by atoms with E-state index in [1.54, 1.807) is 6.08 Å². The maximum Gasteiger partial charge on any atom is 0.243 e. The van der Waals surface area contributed by atoms with E-state index in [1.165, 1.54) is 22.4 Å². The van der Waals surface area contributed by atoms with E-state index in [4.69, 9.17) is 0 Å². The number of rotatable bonds is 7. The van der Waals surface area contributed by atoms with Gasteiger partial charge in [0.1, 0.15) is 0 Å². The minimum absolute atomic E-state index is 0.0838. The Balaban J connectivity index is 1.85. The molecular weight excluding hydrogens is 344 g/mol. The van der Waals surface area contributed by atoms with Crippen LogP contribution in [0.1, 0.15) is 39.3 Å². The van der Waals surface area contributed by atoms with Gasteiger partial charge in [0.15, 0.2) is 0 Å². The monoisotopic (exact) mass is 374 g/mol. The summed E-state index contributed by atoms with van der Waals surface area (Å²) in [6.45, 7) is 9.31. The highest BCUT2D eigenvalue weighted by molar-refractivity contribution is 5.87. The summed E-state index contributed by atoms with van der Waals surface area (Å²) >= 11 is 0. The van der Waals surface area contributed by atoms with Crippen molar-refractivity contribution >= 4 is 16.7 Å². The fourth-order valence-electron chi connectivity index (χ4n) is 2.90. The first kappa shape index (κ1) is 21.5. The predicted molar refractivity (Wildman–Crippen MR) is 119 cm³/mol. The molecule has 0 aromatic heterocycles. The number of allylic oxidation sites excluding steroid dienone is 2. The van der Waals surface area contributed by atoms with E-state index in [9.17, 15) is 4.79 Å². The molecule has 0 saturated heterocycles. The van der Waals surface area contributed by atoms with Gasteiger partial charge in [-0.1, -0.05) is 66.5 Å². The molecule has 2 N–H and O–H groups in total. The van der Waals surface area contributed by atoms with E-state index in [0.717, 1.165) is 6.54 Å². The summed E-state index contributed by atoms with van der Waals surface area (Å²) in [5, 5.41) is 8.93. The quantitative estimate of drug-likeness (QED) is 0.541. The Morgan fingerprint density at radius 1 is 1.18 bits per heavy atom. The zero-order chi connectivity index (χ0) is 20.4. The maximum atomic E-state index is 11.5. The third-order valence-electron chi connectivity index (χ3n) is 4.47. The Hall–Kier alpha value is -2.83. The van der Waals surface area contributed by atoms with Gasteiger partial charge in [-0.15, -0.1) is 0 Å². The second-order valence-corrected chi connectivity index (χ2v) is 7.47. The SMILES string of the molecule is C/C=C/C(=O)NCC(C)(C)C#C/C=C/CN[C@H](C)c1cccc2ccccc12. The Morgan fingerprint density at radius 2 is 1.93 bits per heavy atom. The number of hydrogen-bond acceptors (Lipinski definition) is 2. The summed E-state index contributed by atoms with van der Waals surface area (Å²) in [6, 6.07) is 15.1. The highest BCUT2D eigenvalue weighted by Crippen LogP contribution is 2.23. The van der Waals surface area contributed by atoms with E-state index < -0.39 is 0 Å². The van der Waals surface area contributed by atoms with Crippen LogP contribution in [0.5, 0.6) is 0 Å². The molecule has 2 aromatic carbocycles. The zero-order valence-corrected chi connectivity index (χ0v) is 17.3. The number of amides is 1. The molecule has 2 rings (SSSR count). The van der Waals surface area contributed by atoms with E-state index in [-0.39, 0.29) is 17.4 Å². The van der Waals surface area contributed by atoms with Crippen molar-refractivity contribution in [1.29, 1.82) is 0 Å². The number of fused-ring (bicyclic) bond motifs is 1. The average molecular weight is 375 g/mol. The van der Waals surface area contributed by atoms with Crippen LogP contribution < -0.4 is 10.6 Å².